The molecule has 0 aliphatic carbocycles. The minimum Gasteiger partial charge on any atom is -0.466 e. The molecule has 0 bridgehead atoms. The number of halogens is 3. The zero-order valence-corrected chi connectivity index (χ0v) is 12.4. The molecule has 0 aliphatic heterocycles. The first-order valence-electron chi connectivity index (χ1n) is 5.54. The maximum absolute atomic E-state index is 11.6. The quantitative estimate of drug-likeness (QED) is 0.835. The molecule has 7 heteroatoms. The zero-order valence-electron chi connectivity index (χ0n) is 10.1. The van der Waals surface area contributed by atoms with E-state index < -0.39 is 5.97 Å². The van der Waals surface area contributed by atoms with Crippen LogP contribution in [0.5, 0.6) is 0 Å². The highest BCUT2D eigenvalue weighted by molar-refractivity contribution is 6.42. The Bertz CT molecular complexity index is 468. The molecular formula is C12H12Cl3NO3. The molecule has 0 unspecified atom stereocenters. The number of benzene rings is 1. The van der Waals surface area contributed by atoms with Crippen LogP contribution in [-0.2, 0) is 14.3 Å². The van der Waals surface area contributed by atoms with Crippen molar-refractivity contribution in [1.29, 1.82) is 0 Å². The summed E-state index contributed by atoms with van der Waals surface area (Å²) in [6.45, 7) is 1.99. The molecule has 104 valence electrons. The molecule has 0 heterocycles. The highest BCUT2D eigenvalue weighted by Crippen LogP contribution is 2.33. The average molecular weight is 325 g/mol. The van der Waals surface area contributed by atoms with Crippen molar-refractivity contribution in [3.05, 3.63) is 27.2 Å². The fourth-order valence-corrected chi connectivity index (χ4v) is 2.22. The lowest BCUT2D eigenvalue weighted by Gasteiger charge is -2.09. The van der Waals surface area contributed by atoms with Gasteiger partial charge in [-0.1, -0.05) is 34.8 Å². The van der Waals surface area contributed by atoms with E-state index >= 15 is 0 Å². The second-order valence-corrected chi connectivity index (χ2v) is 4.85. The Morgan fingerprint density at radius 1 is 1.16 bits per heavy atom. The summed E-state index contributed by atoms with van der Waals surface area (Å²) in [4.78, 5) is 22.7. The number of rotatable bonds is 5. The number of carbonyl (C=O) groups excluding carboxylic acids is 2. The van der Waals surface area contributed by atoms with Crippen LogP contribution in [0.15, 0.2) is 12.1 Å². The van der Waals surface area contributed by atoms with Crippen molar-refractivity contribution in [2.45, 2.75) is 19.8 Å². The van der Waals surface area contributed by atoms with Gasteiger partial charge in [0, 0.05) is 11.4 Å². The van der Waals surface area contributed by atoms with E-state index in [0.29, 0.717) is 5.02 Å². The normalized spacial score (nSPS) is 10.1. The molecule has 0 aromatic heterocycles. The number of nitrogens with one attached hydrogen (secondary N) is 1. The van der Waals surface area contributed by atoms with Crippen LogP contribution in [0.25, 0.3) is 0 Å². The largest absolute Gasteiger partial charge is 0.466 e. The Labute approximate surface area is 126 Å². The number of hydrogen-bond acceptors (Lipinski definition) is 3. The van der Waals surface area contributed by atoms with Crippen LogP contribution in [0.2, 0.25) is 15.1 Å². The van der Waals surface area contributed by atoms with E-state index in [4.69, 9.17) is 39.5 Å². The lowest BCUT2D eigenvalue weighted by atomic mass is 10.2. The summed E-state index contributed by atoms with van der Waals surface area (Å²) in [6, 6.07) is 2.94. The third kappa shape index (κ3) is 5.27. The van der Waals surface area contributed by atoms with Gasteiger partial charge < -0.3 is 10.1 Å². The molecule has 1 N–H and O–H groups in total. The SMILES string of the molecule is CCOC(=O)CCC(=O)Nc1c(Cl)cc(Cl)cc1Cl. The minimum atomic E-state index is -0.425. The Hall–Kier alpha value is -0.970. The van der Waals surface area contributed by atoms with Crippen molar-refractivity contribution < 1.29 is 14.3 Å². The van der Waals surface area contributed by atoms with Gasteiger partial charge in [0.1, 0.15) is 0 Å². The molecule has 19 heavy (non-hydrogen) atoms. The second kappa shape index (κ2) is 7.58. The van der Waals surface area contributed by atoms with Crippen LogP contribution in [0.4, 0.5) is 5.69 Å². The number of esters is 1. The van der Waals surface area contributed by atoms with Crippen LogP contribution in [-0.4, -0.2) is 18.5 Å². The van der Waals surface area contributed by atoms with Crippen molar-refractivity contribution in [1.82, 2.24) is 0 Å². The van der Waals surface area contributed by atoms with Gasteiger partial charge in [0.05, 0.1) is 28.8 Å². The van der Waals surface area contributed by atoms with Crippen LogP contribution >= 0.6 is 34.8 Å². The van der Waals surface area contributed by atoms with Crippen molar-refractivity contribution >= 4 is 52.4 Å². The topological polar surface area (TPSA) is 55.4 Å². The molecule has 4 nitrogen and oxygen atoms in total. The van der Waals surface area contributed by atoms with Gasteiger partial charge in [0.2, 0.25) is 5.91 Å². The van der Waals surface area contributed by atoms with Gasteiger partial charge in [-0.25, -0.2) is 0 Å². The number of hydrogen-bond donors (Lipinski definition) is 1. The smallest absolute Gasteiger partial charge is 0.306 e. The molecule has 1 rings (SSSR count). The van der Waals surface area contributed by atoms with Crippen molar-refractivity contribution in [3.63, 3.8) is 0 Å². The van der Waals surface area contributed by atoms with Gasteiger partial charge in [0.15, 0.2) is 0 Å². The average Bonchev–Trinajstić information content (AvgIpc) is 2.31. The lowest BCUT2D eigenvalue weighted by Crippen LogP contribution is -2.15. The van der Waals surface area contributed by atoms with Gasteiger partial charge in [0.25, 0.3) is 0 Å². The first-order valence-corrected chi connectivity index (χ1v) is 6.67. The molecule has 1 aromatic carbocycles. The Kier molecular flexibility index (Phi) is 6.42. The van der Waals surface area contributed by atoms with E-state index in [-0.39, 0.29) is 41.1 Å². The molecule has 0 spiro atoms. The molecule has 1 amide bonds. The van der Waals surface area contributed by atoms with E-state index in [0.717, 1.165) is 0 Å². The van der Waals surface area contributed by atoms with E-state index in [2.05, 4.69) is 5.32 Å². The highest BCUT2D eigenvalue weighted by Gasteiger charge is 2.12. The van der Waals surface area contributed by atoms with Crippen LogP contribution in [0.3, 0.4) is 0 Å². The zero-order chi connectivity index (χ0) is 14.4. The van der Waals surface area contributed by atoms with E-state index in [1.807, 2.05) is 0 Å². The highest BCUT2D eigenvalue weighted by atomic mass is 35.5. The fourth-order valence-electron chi connectivity index (χ4n) is 1.31. The number of ether oxygens (including phenoxy) is 1. The fraction of sp³-hybridized carbons (Fsp3) is 0.333. The number of amides is 1. The summed E-state index contributed by atoms with van der Waals surface area (Å²) in [5, 5.41) is 3.38. The van der Waals surface area contributed by atoms with Crippen molar-refractivity contribution in [3.8, 4) is 0 Å². The summed E-state index contributed by atoms with van der Waals surface area (Å²) in [5.74, 6) is -0.801. The summed E-state index contributed by atoms with van der Waals surface area (Å²) >= 11 is 17.6. The van der Waals surface area contributed by atoms with Crippen LogP contribution in [0, 0.1) is 0 Å². The van der Waals surface area contributed by atoms with E-state index in [1.54, 1.807) is 6.92 Å². The van der Waals surface area contributed by atoms with Gasteiger partial charge in [-0.15, -0.1) is 0 Å². The minimum absolute atomic E-state index is 0.00248. The van der Waals surface area contributed by atoms with Gasteiger partial charge in [-0.2, -0.15) is 0 Å². The molecule has 0 saturated carbocycles. The first kappa shape index (κ1) is 16.1. The van der Waals surface area contributed by atoms with Crippen molar-refractivity contribution in [2.24, 2.45) is 0 Å². The molecule has 0 fully saturated rings. The Morgan fingerprint density at radius 3 is 2.26 bits per heavy atom. The summed E-state index contributed by atoms with van der Waals surface area (Å²) in [5.41, 5.74) is 0.279. The summed E-state index contributed by atoms with van der Waals surface area (Å²) < 4.78 is 4.72. The van der Waals surface area contributed by atoms with Gasteiger partial charge in [-0.05, 0) is 19.1 Å². The molecule has 0 aliphatic rings. The standard InChI is InChI=1S/C12H12Cl3NO3/c1-2-19-11(18)4-3-10(17)16-12-8(14)5-7(13)6-9(12)15/h5-6H,2-4H2,1H3,(H,16,17). The number of anilines is 1. The first-order chi connectivity index (χ1) is 8.93. The van der Waals surface area contributed by atoms with Crippen LogP contribution < -0.4 is 5.32 Å². The Balaban J connectivity index is 2.60. The molecule has 0 saturated heterocycles. The van der Waals surface area contributed by atoms with Gasteiger partial charge >= 0.3 is 5.97 Å². The third-order valence-corrected chi connectivity index (χ3v) is 2.95. The molecule has 0 atom stereocenters. The second-order valence-electron chi connectivity index (χ2n) is 3.60. The van der Waals surface area contributed by atoms with Crippen molar-refractivity contribution in [2.75, 3.05) is 11.9 Å². The predicted molar refractivity (Wildman–Crippen MR) is 76.0 cm³/mol. The maximum atomic E-state index is 11.6. The van der Waals surface area contributed by atoms with Crippen LogP contribution in [0.1, 0.15) is 19.8 Å². The molecular weight excluding hydrogens is 312 g/mol. The van der Waals surface area contributed by atoms with E-state index in [9.17, 15) is 9.59 Å². The predicted octanol–water partition coefficient (Wildman–Crippen LogP) is 3.93. The van der Waals surface area contributed by atoms with Gasteiger partial charge in [-0.3, -0.25) is 9.59 Å². The monoisotopic (exact) mass is 323 g/mol. The Morgan fingerprint density at radius 2 is 1.74 bits per heavy atom. The maximum Gasteiger partial charge on any atom is 0.306 e. The summed E-state index contributed by atoms with van der Waals surface area (Å²) in [6.07, 6.45) is -0.00335. The molecule has 0 radical (unpaired) electrons. The lowest BCUT2D eigenvalue weighted by molar-refractivity contribution is -0.144. The summed E-state index contributed by atoms with van der Waals surface area (Å²) in [7, 11) is 0. The molecule has 1 aromatic rings. The number of carbonyl (C=O) groups is 2. The van der Waals surface area contributed by atoms with E-state index in [1.165, 1.54) is 12.1 Å². The third-order valence-electron chi connectivity index (χ3n) is 2.13.